The first-order chi connectivity index (χ1) is 10.3. The second-order valence-electron chi connectivity index (χ2n) is 4.95. The molecule has 0 amide bonds. The zero-order valence-electron chi connectivity index (χ0n) is 12.6. The molecule has 112 valence electrons. The first-order valence-electron chi connectivity index (χ1n) is 7.10. The van der Waals surface area contributed by atoms with Crippen LogP contribution in [-0.4, -0.2) is 42.1 Å². The van der Waals surface area contributed by atoms with Crippen LogP contribution in [0.1, 0.15) is 12.0 Å². The van der Waals surface area contributed by atoms with Gasteiger partial charge in [-0.15, -0.1) is 0 Å². The van der Waals surface area contributed by atoms with Gasteiger partial charge >= 0.3 is 0 Å². The Morgan fingerprint density at radius 3 is 2.52 bits per heavy atom. The highest BCUT2D eigenvalue weighted by Gasteiger charge is 2.01. The van der Waals surface area contributed by atoms with E-state index in [0.717, 1.165) is 26.1 Å². The average molecular weight is 286 g/mol. The number of aromatic nitrogens is 2. The lowest BCUT2D eigenvalue weighted by Gasteiger charge is -2.16. The quantitative estimate of drug-likeness (QED) is 0.755. The Kier molecular flexibility index (Phi) is 5.97. The molecule has 2 rings (SSSR count). The van der Waals surface area contributed by atoms with Crippen molar-refractivity contribution < 1.29 is 4.74 Å². The third kappa shape index (κ3) is 5.39. The summed E-state index contributed by atoms with van der Waals surface area (Å²) in [6, 6.07) is 10.5. The molecule has 0 fully saturated rings. The molecule has 1 N–H and O–H groups in total. The van der Waals surface area contributed by atoms with Gasteiger partial charge in [-0.2, -0.15) is 0 Å². The highest BCUT2D eigenvalue weighted by Crippen LogP contribution is 2.07. The predicted octanol–water partition coefficient (Wildman–Crippen LogP) is 2.42. The van der Waals surface area contributed by atoms with Gasteiger partial charge in [0.25, 0.3) is 0 Å². The first kappa shape index (κ1) is 15.3. The second kappa shape index (κ2) is 8.21. The van der Waals surface area contributed by atoms with Gasteiger partial charge in [0.15, 0.2) is 5.75 Å². The van der Waals surface area contributed by atoms with Crippen LogP contribution in [0.2, 0.25) is 0 Å². The van der Waals surface area contributed by atoms with E-state index in [1.807, 2.05) is 6.07 Å². The van der Waals surface area contributed by atoms with E-state index in [-0.39, 0.29) is 0 Å². The zero-order chi connectivity index (χ0) is 14.9. The third-order valence-corrected chi connectivity index (χ3v) is 3.16. The topological polar surface area (TPSA) is 50.3 Å². The predicted molar refractivity (Wildman–Crippen MR) is 84.5 cm³/mol. The van der Waals surface area contributed by atoms with Gasteiger partial charge in [-0.1, -0.05) is 30.3 Å². The maximum Gasteiger partial charge on any atom is 0.222 e. The lowest BCUT2D eigenvalue weighted by Crippen LogP contribution is -2.21. The monoisotopic (exact) mass is 286 g/mol. The Labute approximate surface area is 126 Å². The minimum atomic E-state index is 0.640. The van der Waals surface area contributed by atoms with Crippen molar-refractivity contribution in [1.82, 2.24) is 14.9 Å². The van der Waals surface area contributed by atoms with Crippen LogP contribution in [0.5, 0.6) is 5.75 Å². The van der Waals surface area contributed by atoms with Gasteiger partial charge in [-0.3, -0.25) is 0 Å². The minimum absolute atomic E-state index is 0.640. The second-order valence-corrected chi connectivity index (χ2v) is 4.95. The minimum Gasteiger partial charge on any atom is -0.494 e. The van der Waals surface area contributed by atoms with Crippen LogP contribution in [-0.2, 0) is 6.54 Å². The van der Waals surface area contributed by atoms with Gasteiger partial charge in [-0.05, 0) is 25.6 Å². The summed E-state index contributed by atoms with van der Waals surface area (Å²) in [6.45, 7) is 2.85. The molecular weight excluding hydrogens is 264 g/mol. The molecule has 5 heteroatoms. The Hall–Kier alpha value is -2.14. The molecule has 1 aromatic heterocycles. The Bertz CT molecular complexity index is 516. The van der Waals surface area contributed by atoms with Gasteiger partial charge in [0.2, 0.25) is 5.95 Å². The van der Waals surface area contributed by atoms with Crippen LogP contribution in [0.25, 0.3) is 0 Å². The maximum atomic E-state index is 5.02. The summed E-state index contributed by atoms with van der Waals surface area (Å²) in [5.41, 5.74) is 1.34. The van der Waals surface area contributed by atoms with E-state index in [4.69, 9.17) is 4.74 Å². The summed E-state index contributed by atoms with van der Waals surface area (Å²) in [5.74, 6) is 1.31. The highest BCUT2D eigenvalue weighted by atomic mass is 16.5. The van der Waals surface area contributed by atoms with E-state index in [1.54, 1.807) is 19.5 Å². The molecule has 1 aromatic carbocycles. The number of nitrogens with one attached hydrogen (secondary N) is 1. The van der Waals surface area contributed by atoms with Crippen LogP contribution in [0.15, 0.2) is 42.7 Å². The Morgan fingerprint density at radius 1 is 1.14 bits per heavy atom. The fourth-order valence-corrected chi connectivity index (χ4v) is 2.04. The molecule has 0 radical (unpaired) electrons. The molecular formula is C16H22N4O. The van der Waals surface area contributed by atoms with Crippen molar-refractivity contribution in [3.8, 4) is 5.75 Å². The highest BCUT2D eigenvalue weighted by molar-refractivity contribution is 5.26. The maximum absolute atomic E-state index is 5.02. The SMILES string of the molecule is COc1cnc(NCCCN(C)Cc2ccccc2)nc1. The molecule has 21 heavy (non-hydrogen) atoms. The van der Waals surface area contributed by atoms with Crippen LogP contribution in [0.3, 0.4) is 0 Å². The van der Waals surface area contributed by atoms with Crippen molar-refractivity contribution in [1.29, 1.82) is 0 Å². The largest absolute Gasteiger partial charge is 0.494 e. The molecule has 5 nitrogen and oxygen atoms in total. The van der Waals surface area contributed by atoms with Gasteiger partial charge in [0.05, 0.1) is 19.5 Å². The number of nitrogens with zero attached hydrogens (tertiary/aromatic N) is 3. The van der Waals surface area contributed by atoms with Crippen LogP contribution >= 0.6 is 0 Å². The lowest BCUT2D eigenvalue weighted by molar-refractivity contribution is 0.325. The molecule has 0 atom stereocenters. The molecule has 0 bridgehead atoms. The normalized spacial score (nSPS) is 10.6. The summed E-state index contributed by atoms with van der Waals surface area (Å²) in [5, 5.41) is 3.21. The van der Waals surface area contributed by atoms with E-state index in [2.05, 4.69) is 51.5 Å². The molecule has 0 saturated heterocycles. The molecule has 0 aliphatic carbocycles. The standard InChI is InChI=1S/C16H22N4O/c1-20(13-14-7-4-3-5-8-14)10-6-9-17-16-18-11-15(21-2)12-19-16/h3-5,7-8,11-12H,6,9-10,13H2,1-2H3,(H,17,18,19). The summed E-state index contributed by atoms with van der Waals surface area (Å²) in [4.78, 5) is 10.7. The summed E-state index contributed by atoms with van der Waals surface area (Å²) in [6.07, 6.45) is 4.37. The van der Waals surface area contributed by atoms with Crippen molar-refractivity contribution in [2.45, 2.75) is 13.0 Å². The van der Waals surface area contributed by atoms with Gasteiger partial charge in [-0.25, -0.2) is 9.97 Å². The molecule has 0 spiro atoms. The number of rotatable bonds is 8. The van der Waals surface area contributed by atoms with E-state index in [9.17, 15) is 0 Å². The van der Waals surface area contributed by atoms with Crippen molar-refractivity contribution in [3.63, 3.8) is 0 Å². The smallest absolute Gasteiger partial charge is 0.222 e. The number of benzene rings is 1. The summed E-state index contributed by atoms with van der Waals surface area (Å²) in [7, 11) is 3.74. The molecule has 0 unspecified atom stereocenters. The van der Waals surface area contributed by atoms with Gasteiger partial charge < -0.3 is 15.0 Å². The Balaban J connectivity index is 1.64. The lowest BCUT2D eigenvalue weighted by atomic mass is 10.2. The van der Waals surface area contributed by atoms with Gasteiger partial charge in [0.1, 0.15) is 0 Å². The summed E-state index contributed by atoms with van der Waals surface area (Å²) < 4.78 is 5.02. The molecule has 0 aliphatic rings. The number of hydrogen-bond acceptors (Lipinski definition) is 5. The van der Waals surface area contributed by atoms with E-state index in [1.165, 1.54) is 5.56 Å². The van der Waals surface area contributed by atoms with E-state index in [0.29, 0.717) is 11.7 Å². The third-order valence-electron chi connectivity index (χ3n) is 3.16. The number of methoxy groups -OCH3 is 1. The van der Waals surface area contributed by atoms with Gasteiger partial charge in [0, 0.05) is 13.1 Å². The number of hydrogen-bond donors (Lipinski definition) is 1. The zero-order valence-corrected chi connectivity index (χ0v) is 12.6. The van der Waals surface area contributed by atoms with Crippen molar-refractivity contribution in [2.24, 2.45) is 0 Å². The molecule has 0 saturated carbocycles. The van der Waals surface area contributed by atoms with Crippen molar-refractivity contribution >= 4 is 5.95 Å². The summed E-state index contributed by atoms with van der Waals surface area (Å²) >= 11 is 0. The first-order valence-corrected chi connectivity index (χ1v) is 7.10. The van der Waals surface area contributed by atoms with Crippen LogP contribution in [0, 0.1) is 0 Å². The van der Waals surface area contributed by atoms with Crippen molar-refractivity contribution in [3.05, 3.63) is 48.3 Å². The van der Waals surface area contributed by atoms with Crippen LogP contribution in [0.4, 0.5) is 5.95 Å². The van der Waals surface area contributed by atoms with Crippen LogP contribution < -0.4 is 10.1 Å². The Morgan fingerprint density at radius 2 is 1.86 bits per heavy atom. The average Bonchev–Trinajstić information content (AvgIpc) is 2.53. The molecule has 1 heterocycles. The number of anilines is 1. The fraction of sp³-hybridized carbons (Fsp3) is 0.375. The van der Waals surface area contributed by atoms with Crippen molar-refractivity contribution in [2.75, 3.05) is 32.6 Å². The molecule has 2 aromatic rings. The van der Waals surface area contributed by atoms with E-state index >= 15 is 0 Å². The van der Waals surface area contributed by atoms with E-state index < -0.39 is 0 Å². The molecule has 0 aliphatic heterocycles. The number of ether oxygens (including phenoxy) is 1. The fourth-order valence-electron chi connectivity index (χ4n) is 2.04.